The molecule has 0 nitrogen and oxygen atoms in total. The zero-order chi connectivity index (χ0) is 8.55. The summed E-state index contributed by atoms with van der Waals surface area (Å²) in [6, 6.07) is 2.34. The van der Waals surface area contributed by atoms with Crippen molar-refractivity contribution in [1.29, 1.82) is 0 Å². The van der Waals surface area contributed by atoms with Gasteiger partial charge in [0.25, 0.3) is 0 Å². The quantitative estimate of drug-likeness (QED) is 0.569. The van der Waals surface area contributed by atoms with E-state index < -0.39 is 0 Å². The van der Waals surface area contributed by atoms with E-state index in [1.54, 1.807) is 5.56 Å². The molecule has 12 heavy (non-hydrogen) atoms. The molecule has 1 unspecified atom stereocenters. The summed E-state index contributed by atoms with van der Waals surface area (Å²) < 4.78 is 0. The van der Waals surface area contributed by atoms with Crippen LogP contribution in [0, 0.1) is 12.8 Å². The second kappa shape index (κ2) is 3.06. The Hall–Kier alpha value is -0.560. The van der Waals surface area contributed by atoms with Gasteiger partial charge < -0.3 is 0 Å². The molecule has 1 atom stereocenters. The van der Waals surface area contributed by atoms with E-state index in [1.807, 2.05) is 11.3 Å². The van der Waals surface area contributed by atoms with Crippen molar-refractivity contribution in [3.05, 3.63) is 27.5 Å². The third kappa shape index (κ3) is 1.46. The summed E-state index contributed by atoms with van der Waals surface area (Å²) in [5.41, 5.74) is 1.55. The molecule has 1 aromatic heterocycles. The molecular formula is C11H14S. The molecule has 1 aliphatic rings. The van der Waals surface area contributed by atoms with E-state index in [2.05, 4.69) is 32.1 Å². The first kappa shape index (κ1) is 8.06. The molecule has 0 N–H and O–H groups in total. The number of hydrogen-bond donors (Lipinski definition) is 0. The summed E-state index contributed by atoms with van der Waals surface area (Å²) >= 11 is 1.92. The highest BCUT2D eigenvalue weighted by atomic mass is 32.1. The fourth-order valence-corrected chi connectivity index (χ4v) is 2.64. The first-order chi connectivity index (χ1) is 5.75. The van der Waals surface area contributed by atoms with Gasteiger partial charge in [0, 0.05) is 9.75 Å². The van der Waals surface area contributed by atoms with Gasteiger partial charge in [-0.2, -0.15) is 0 Å². The van der Waals surface area contributed by atoms with E-state index in [-0.39, 0.29) is 0 Å². The summed E-state index contributed by atoms with van der Waals surface area (Å²) in [4.78, 5) is 2.93. The molecule has 1 heteroatoms. The summed E-state index contributed by atoms with van der Waals surface area (Å²) in [5, 5.41) is 0. The third-order valence-corrected chi connectivity index (χ3v) is 3.47. The van der Waals surface area contributed by atoms with Gasteiger partial charge in [0.1, 0.15) is 0 Å². The van der Waals surface area contributed by atoms with Crippen molar-refractivity contribution < 1.29 is 0 Å². The average molecular weight is 178 g/mol. The van der Waals surface area contributed by atoms with E-state index >= 15 is 0 Å². The van der Waals surface area contributed by atoms with Gasteiger partial charge in [0.05, 0.1) is 0 Å². The standard InChI is InChI=1S/C11H14S/c1-8-3-5-10-7-9(2)12-11(10)6-4-8/h4,6-8H,3,5H2,1-2H3. The van der Waals surface area contributed by atoms with Gasteiger partial charge in [-0.1, -0.05) is 13.0 Å². The van der Waals surface area contributed by atoms with Gasteiger partial charge in [-0.3, -0.25) is 0 Å². The number of aryl methyl sites for hydroxylation is 2. The van der Waals surface area contributed by atoms with Crippen molar-refractivity contribution >= 4 is 17.4 Å². The van der Waals surface area contributed by atoms with Crippen LogP contribution in [0.1, 0.15) is 28.7 Å². The molecule has 1 aromatic rings. The Kier molecular flexibility index (Phi) is 2.05. The minimum Gasteiger partial charge on any atom is -0.141 e. The first-order valence-electron chi connectivity index (χ1n) is 4.53. The SMILES string of the molecule is Cc1cc2c(s1)C=CC(C)CC2. The molecule has 1 aliphatic carbocycles. The maximum absolute atomic E-state index is 2.34. The predicted molar refractivity (Wildman–Crippen MR) is 55.6 cm³/mol. The molecule has 1 heterocycles. The molecule has 64 valence electrons. The minimum absolute atomic E-state index is 0.755. The van der Waals surface area contributed by atoms with E-state index in [0.717, 1.165) is 5.92 Å². The molecule has 0 aromatic carbocycles. The van der Waals surface area contributed by atoms with Gasteiger partial charge in [-0.25, -0.2) is 0 Å². The van der Waals surface area contributed by atoms with Crippen LogP contribution in [-0.4, -0.2) is 0 Å². The summed E-state index contributed by atoms with van der Waals surface area (Å²) in [7, 11) is 0. The average Bonchev–Trinajstić information content (AvgIpc) is 2.31. The Morgan fingerprint density at radius 3 is 3.17 bits per heavy atom. The van der Waals surface area contributed by atoms with Crippen LogP contribution in [-0.2, 0) is 6.42 Å². The lowest BCUT2D eigenvalue weighted by Crippen LogP contribution is -1.89. The van der Waals surface area contributed by atoms with Crippen LogP contribution in [0.25, 0.3) is 6.08 Å². The lowest BCUT2D eigenvalue weighted by molar-refractivity contribution is 0.655. The van der Waals surface area contributed by atoms with Crippen LogP contribution in [0.15, 0.2) is 12.1 Å². The zero-order valence-corrected chi connectivity index (χ0v) is 8.45. The number of rotatable bonds is 0. The van der Waals surface area contributed by atoms with Crippen molar-refractivity contribution in [2.45, 2.75) is 26.7 Å². The van der Waals surface area contributed by atoms with Gasteiger partial charge in [-0.05, 0) is 43.4 Å². The van der Waals surface area contributed by atoms with Crippen molar-refractivity contribution in [1.82, 2.24) is 0 Å². The van der Waals surface area contributed by atoms with E-state index in [1.165, 1.54) is 22.6 Å². The molecule has 0 saturated heterocycles. The second-order valence-corrected chi connectivity index (χ2v) is 4.91. The van der Waals surface area contributed by atoms with E-state index in [0.29, 0.717) is 0 Å². The Morgan fingerprint density at radius 1 is 1.50 bits per heavy atom. The number of hydrogen-bond acceptors (Lipinski definition) is 1. The second-order valence-electron chi connectivity index (χ2n) is 3.62. The number of fused-ring (bicyclic) bond motifs is 1. The molecular weight excluding hydrogens is 164 g/mol. The van der Waals surface area contributed by atoms with Crippen molar-refractivity contribution in [3.8, 4) is 0 Å². The predicted octanol–water partition coefficient (Wildman–Crippen LogP) is 3.65. The summed E-state index contributed by atoms with van der Waals surface area (Å²) in [5.74, 6) is 0.755. The maximum Gasteiger partial charge on any atom is 0.0302 e. The highest BCUT2D eigenvalue weighted by molar-refractivity contribution is 7.13. The Bertz CT molecular complexity index is 307. The van der Waals surface area contributed by atoms with Crippen LogP contribution < -0.4 is 0 Å². The van der Waals surface area contributed by atoms with Gasteiger partial charge in [-0.15, -0.1) is 11.3 Å². The lowest BCUT2D eigenvalue weighted by atomic mass is 10.0. The highest BCUT2D eigenvalue weighted by Crippen LogP contribution is 2.28. The zero-order valence-electron chi connectivity index (χ0n) is 7.63. The smallest absolute Gasteiger partial charge is 0.0302 e. The molecule has 0 fully saturated rings. The number of thiophene rings is 1. The first-order valence-corrected chi connectivity index (χ1v) is 5.35. The minimum atomic E-state index is 0.755. The van der Waals surface area contributed by atoms with E-state index in [4.69, 9.17) is 0 Å². The van der Waals surface area contributed by atoms with Gasteiger partial charge in [0.15, 0.2) is 0 Å². The van der Waals surface area contributed by atoms with Crippen LogP contribution in [0.3, 0.4) is 0 Å². The summed E-state index contributed by atoms with van der Waals surface area (Å²) in [6.07, 6.45) is 7.19. The Labute approximate surface area is 77.9 Å². The molecule has 0 bridgehead atoms. The highest BCUT2D eigenvalue weighted by Gasteiger charge is 2.09. The van der Waals surface area contributed by atoms with Crippen LogP contribution in [0.4, 0.5) is 0 Å². The Balaban J connectivity index is 2.37. The normalized spacial score (nSPS) is 22.0. The largest absolute Gasteiger partial charge is 0.141 e. The topological polar surface area (TPSA) is 0 Å². The molecule has 0 aliphatic heterocycles. The fraction of sp³-hybridized carbons (Fsp3) is 0.455. The number of allylic oxidation sites excluding steroid dienone is 1. The molecule has 2 rings (SSSR count). The maximum atomic E-state index is 2.34. The van der Waals surface area contributed by atoms with Crippen molar-refractivity contribution in [2.75, 3.05) is 0 Å². The molecule has 0 radical (unpaired) electrons. The Morgan fingerprint density at radius 2 is 2.33 bits per heavy atom. The lowest BCUT2D eigenvalue weighted by Gasteiger charge is -2.00. The van der Waals surface area contributed by atoms with Gasteiger partial charge >= 0.3 is 0 Å². The third-order valence-electron chi connectivity index (χ3n) is 2.41. The van der Waals surface area contributed by atoms with Crippen molar-refractivity contribution in [3.63, 3.8) is 0 Å². The fourth-order valence-electron chi connectivity index (χ4n) is 1.65. The molecule has 0 saturated carbocycles. The molecule has 0 amide bonds. The van der Waals surface area contributed by atoms with Crippen LogP contribution in [0.2, 0.25) is 0 Å². The van der Waals surface area contributed by atoms with Crippen LogP contribution in [0.5, 0.6) is 0 Å². The van der Waals surface area contributed by atoms with E-state index in [9.17, 15) is 0 Å². The van der Waals surface area contributed by atoms with Gasteiger partial charge in [0.2, 0.25) is 0 Å². The summed E-state index contributed by atoms with van der Waals surface area (Å²) in [6.45, 7) is 4.48. The van der Waals surface area contributed by atoms with Crippen molar-refractivity contribution in [2.24, 2.45) is 5.92 Å². The monoisotopic (exact) mass is 178 g/mol. The molecule has 0 spiro atoms. The van der Waals surface area contributed by atoms with Crippen LogP contribution >= 0.6 is 11.3 Å².